The monoisotopic (exact) mass is 1090 g/mol. The summed E-state index contributed by atoms with van der Waals surface area (Å²) >= 11 is 0. The van der Waals surface area contributed by atoms with Crippen molar-refractivity contribution in [2.45, 2.75) is 272 Å². The van der Waals surface area contributed by atoms with Crippen LogP contribution < -0.4 is 28.4 Å². The van der Waals surface area contributed by atoms with Gasteiger partial charge in [-0.15, -0.1) is 0 Å². The summed E-state index contributed by atoms with van der Waals surface area (Å²) in [7, 11) is -3.86. The zero-order chi connectivity index (χ0) is 55.0. The minimum Gasteiger partial charge on any atom is -0.490 e. The second-order valence-corrected chi connectivity index (χ2v) is 24.1. The van der Waals surface area contributed by atoms with Crippen LogP contribution in [0.4, 0.5) is 0 Å². The van der Waals surface area contributed by atoms with E-state index in [1.54, 1.807) is 0 Å². The van der Waals surface area contributed by atoms with Crippen LogP contribution in [0.5, 0.6) is 34.5 Å². The molecule has 438 valence electrons. The van der Waals surface area contributed by atoms with E-state index in [0.29, 0.717) is 46.1 Å². The summed E-state index contributed by atoms with van der Waals surface area (Å²) in [6, 6.07) is 13.5. The van der Waals surface area contributed by atoms with Crippen molar-refractivity contribution in [3.05, 3.63) is 36.4 Å². The Balaban J connectivity index is 1.72. The van der Waals surface area contributed by atoms with Crippen molar-refractivity contribution in [1.82, 2.24) is 0 Å². The van der Waals surface area contributed by atoms with Gasteiger partial charge in [0.25, 0.3) is 0 Å². The Hall–Kier alpha value is -3.39. The first-order valence-corrected chi connectivity index (χ1v) is 33.9. The van der Waals surface area contributed by atoms with Gasteiger partial charge < -0.3 is 38.2 Å². The summed E-state index contributed by atoms with van der Waals surface area (Å²) in [5.74, 6) is 4.82. The Labute approximate surface area is 469 Å². The number of ether oxygens (including phenoxy) is 6. The molecule has 0 saturated carbocycles. The molecule has 4 rings (SSSR count). The van der Waals surface area contributed by atoms with Crippen molar-refractivity contribution < 1.29 is 42.8 Å². The summed E-state index contributed by atoms with van der Waals surface area (Å²) < 4.78 is 51.8. The highest BCUT2D eigenvalue weighted by Gasteiger charge is 2.21. The molecule has 10 heteroatoms. The lowest BCUT2D eigenvalue weighted by atomic mass is 9.93. The van der Waals surface area contributed by atoms with Gasteiger partial charge in [0.2, 0.25) is 0 Å². The average molecular weight is 1090 g/mol. The van der Waals surface area contributed by atoms with Crippen LogP contribution in [-0.2, 0) is 4.57 Å². The second-order valence-electron chi connectivity index (χ2n) is 22.3. The highest BCUT2D eigenvalue weighted by Crippen LogP contribution is 2.47. The van der Waals surface area contributed by atoms with Crippen LogP contribution in [0.25, 0.3) is 32.3 Å². The summed E-state index contributed by atoms with van der Waals surface area (Å²) in [6.07, 6.45) is 42.6. The van der Waals surface area contributed by atoms with E-state index in [1.165, 1.54) is 135 Å². The van der Waals surface area contributed by atoms with Crippen LogP contribution in [0.15, 0.2) is 36.4 Å². The fourth-order valence-corrected chi connectivity index (χ4v) is 11.1. The molecule has 0 bridgehead atoms. The van der Waals surface area contributed by atoms with Crippen molar-refractivity contribution in [3.63, 3.8) is 0 Å². The highest BCUT2D eigenvalue weighted by molar-refractivity contribution is 7.51. The molecule has 0 aliphatic carbocycles. The molecule has 0 fully saturated rings. The molecular formula is C67H111O9P. The topological polar surface area (TPSA) is 113 Å². The van der Waals surface area contributed by atoms with E-state index >= 15 is 0 Å². The van der Waals surface area contributed by atoms with Crippen molar-refractivity contribution >= 4 is 39.9 Å². The zero-order valence-electron chi connectivity index (χ0n) is 49.8. The third-order valence-corrected chi connectivity index (χ3v) is 16.1. The first-order valence-electron chi connectivity index (χ1n) is 32.1. The minimum atomic E-state index is -3.86. The van der Waals surface area contributed by atoms with E-state index in [0.717, 1.165) is 163 Å². The average Bonchev–Trinajstić information content (AvgIpc) is 3.47. The molecule has 9 nitrogen and oxygen atoms in total. The van der Waals surface area contributed by atoms with Crippen LogP contribution in [0, 0.1) is 0 Å². The van der Waals surface area contributed by atoms with Gasteiger partial charge >= 0.3 is 7.60 Å². The number of hydrogen-bond donors (Lipinski definition) is 2. The zero-order valence-corrected chi connectivity index (χ0v) is 50.7. The van der Waals surface area contributed by atoms with Gasteiger partial charge in [0, 0.05) is 6.16 Å². The van der Waals surface area contributed by atoms with Gasteiger partial charge in [0.1, 0.15) is 0 Å². The Kier molecular flexibility index (Phi) is 35.7. The van der Waals surface area contributed by atoms with Crippen LogP contribution in [0.2, 0.25) is 0 Å². The Morgan fingerprint density at radius 2 is 0.416 bits per heavy atom. The van der Waals surface area contributed by atoms with Gasteiger partial charge in [-0.3, -0.25) is 4.57 Å². The van der Waals surface area contributed by atoms with Gasteiger partial charge in [0.15, 0.2) is 34.5 Å². The Morgan fingerprint density at radius 1 is 0.260 bits per heavy atom. The maximum Gasteiger partial charge on any atom is 0.325 e. The molecule has 0 heterocycles. The molecular weight excluding hydrogens is 980 g/mol. The quantitative estimate of drug-likeness (QED) is 0.0254. The molecule has 4 aromatic rings. The molecule has 4 aromatic carbocycles. The highest BCUT2D eigenvalue weighted by atomic mass is 31.2. The molecule has 2 N–H and O–H groups in total. The fourth-order valence-electron chi connectivity index (χ4n) is 10.5. The molecule has 0 aliphatic heterocycles. The largest absolute Gasteiger partial charge is 0.490 e. The van der Waals surface area contributed by atoms with E-state index in [-0.39, 0.29) is 6.16 Å². The molecule has 0 spiro atoms. The third-order valence-electron chi connectivity index (χ3n) is 15.3. The summed E-state index contributed by atoms with van der Waals surface area (Å²) in [6.45, 7) is 15.2. The third kappa shape index (κ3) is 27.1. The van der Waals surface area contributed by atoms with E-state index in [4.69, 9.17) is 38.2 Å². The Morgan fingerprint density at radius 3 is 0.584 bits per heavy atom. The number of unbranched alkanes of at least 4 members (excludes halogenated alkanes) is 31. The molecule has 0 aliphatic rings. The molecule has 0 saturated heterocycles. The van der Waals surface area contributed by atoms with Crippen LogP contribution in [0.1, 0.15) is 272 Å². The lowest BCUT2D eigenvalue weighted by Gasteiger charge is -2.21. The lowest BCUT2D eigenvalue weighted by molar-refractivity contribution is 0.258. The predicted molar refractivity (Wildman–Crippen MR) is 328 cm³/mol. The number of benzene rings is 4. The molecule has 77 heavy (non-hydrogen) atoms. The summed E-state index contributed by atoms with van der Waals surface area (Å²) in [4.78, 5) is 18.2. The first kappa shape index (κ1) is 66.1. The maximum absolute atomic E-state index is 11.1. The van der Waals surface area contributed by atoms with Gasteiger partial charge in [-0.05, 0) is 114 Å². The van der Waals surface area contributed by atoms with Crippen molar-refractivity contribution in [2.24, 2.45) is 0 Å². The van der Waals surface area contributed by atoms with E-state index in [1.807, 2.05) is 0 Å². The van der Waals surface area contributed by atoms with Crippen LogP contribution >= 0.6 is 7.60 Å². The van der Waals surface area contributed by atoms with Crippen molar-refractivity contribution in [3.8, 4) is 34.5 Å². The Bertz CT molecular complexity index is 2130. The molecule has 0 radical (unpaired) electrons. The molecule has 0 unspecified atom stereocenters. The summed E-state index contributed by atoms with van der Waals surface area (Å²) in [5, 5.41) is 6.64. The van der Waals surface area contributed by atoms with Gasteiger partial charge in [-0.25, -0.2) is 0 Å². The number of hydrogen-bond acceptors (Lipinski definition) is 7. The van der Waals surface area contributed by atoms with Gasteiger partial charge in [-0.2, -0.15) is 0 Å². The maximum atomic E-state index is 11.1. The van der Waals surface area contributed by atoms with Gasteiger partial charge in [0.05, 0.1) is 39.6 Å². The first-order chi connectivity index (χ1) is 37.7. The van der Waals surface area contributed by atoms with Crippen molar-refractivity contribution in [2.75, 3.05) is 45.8 Å². The standard InChI is InChI=1S/C67H111O9P/c1-6-11-16-29-36-43-71-62-50-56-57-51-63(72-44-37-30-17-12-7-2)65(74-46-39-32-19-14-9-4)53-59(57)61-55-67(76-48-41-34-27-25-23-21-22-24-26-28-35-42-49-77(68,69)70)66(75-47-40-33-20-15-10-5)54-60(61)58(56)52-64(62)73-45-38-31-18-13-8-3/h50-55H,6-49H2,1-5H3,(H2,68,69,70). The predicted octanol–water partition coefficient (Wildman–Crippen LogP) is 21.1. The summed E-state index contributed by atoms with van der Waals surface area (Å²) in [5.41, 5.74) is 0. The normalized spacial score (nSPS) is 11.8. The molecule has 0 aromatic heterocycles. The number of fused-ring (bicyclic) bond motifs is 6. The van der Waals surface area contributed by atoms with E-state index in [9.17, 15) is 4.57 Å². The van der Waals surface area contributed by atoms with Crippen LogP contribution in [0.3, 0.4) is 0 Å². The molecule has 0 atom stereocenters. The fraction of sp³-hybridized carbons (Fsp3) is 0.731. The van der Waals surface area contributed by atoms with Crippen molar-refractivity contribution in [1.29, 1.82) is 0 Å². The minimum absolute atomic E-state index is 0.0162. The second kappa shape index (κ2) is 41.6. The lowest BCUT2D eigenvalue weighted by Crippen LogP contribution is -2.05. The molecule has 0 amide bonds. The van der Waals surface area contributed by atoms with Gasteiger partial charge in [-0.1, -0.05) is 227 Å². The van der Waals surface area contributed by atoms with E-state index < -0.39 is 7.60 Å². The van der Waals surface area contributed by atoms with E-state index in [2.05, 4.69) is 71.0 Å². The smallest absolute Gasteiger partial charge is 0.325 e. The number of rotatable bonds is 51. The van der Waals surface area contributed by atoms with Crippen LogP contribution in [-0.4, -0.2) is 55.6 Å². The SMILES string of the molecule is CCCCCCCOc1cc2c3cc(OCCCCCCC)c(OCCCCCCC)cc3c3cc(OCCCCCCCCCCCCCCP(=O)(O)O)c(OCCCCCCC)cc3c2cc1OCCCCCCC.